The van der Waals surface area contributed by atoms with Gasteiger partial charge < -0.3 is 14.8 Å². The fourth-order valence-corrected chi connectivity index (χ4v) is 4.20. The molecule has 5 rings (SSSR count). The molecular weight excluding hydrogens is 370 g/mol. The number of carbonyl (C=O) groups excluding carboxylic acids is 1. The highest BCUT2D eigenvalue weighted by Gasteiger charge is 2.44. The Morgan fingerprint density at radius 1 is 1.17 bits per heavy atom. The molecule has 0 unspecified atom stereocenters. The highest BCUT2D eigenvalue weighted by molar-refractivity contribution is 6.03. The van der Waals surface area contributed by atoms with Crippen LogP contribution in [0.3, 0.4) is 0 Å². The Morgan fingerprint density at radius 3 is 2.66 bits per heavy atom. The van der Waals surface area contributed by atoms with Crippen LogP contribution in [0.25, 0.3) is 11.3 Å². The average Bonchev–Trinajstić information content (AvgIpc) is 3.44. The summed E-state index contributed by atoms with van der Waals surface area (Å²) < 4.78 is 13.9. The Balaban J connectivity index is 1.34. The molecule has 8 nitrogen and oxygen atoms in total. The number of ether oxygens (including phenoxy) is 2. The van der Waals surface area contributed by atoms with E-state index in [2.05, 4.69) is 20.6 Å². The summed E-state index contributed by atoms with van der Waals surface area (Å²) in [7, 11) is 1.89. The molecule has 1 aliphatic heterocycles. The molecule has 3 aromatic rings. The molecule has 8 heteroatoms. The summed E-state index contributed by atoms with van der Waals surface area (Å²) in [6.45, 7) is 3.91. The molecule has 0 saturated heterocycles. The number of carbonyl (C=O) groups is 1. The normalized spacial score (nSPS) is 16.5. The number of aromatic nitrogens is 4. The Bertz CT molecular complexity index is 1110. The zero-order valence-corrected chi connectivity index (χ0v) is 16.7. The van der Waals surface area contributed by atoms with Crippen LogP contribution in [0.4, 0.5) is 5.69 Å². The molecule has 0 atom stereocenters. The third kappa shape index (κ3) is 2.95. The highest BCUT2D eigenvalue weighted by atomic mass is 16.7. The van der Waals surface area contributed by atoms with Crippen molar-refractivity contribution < 1.29 is 14.3 Å². The topological polar surface area (TPSA) is 94.1 Å². The molecule has 2 N–H and O–H groups in total. The van der Waals surface area contributed by atoms with Gasteiger partial charge in [0.2, 0.25) is 0 Å². The van der Waals surface area contributed by atoms with Crippen LogP contribution in [0.2, 0.25) is 0 Å². The summed E-state index contributed by atoms with van der Waals surface area (Å²) in [5.41, 5.74) is 4.54. The summed E-state index contributed by atoms with van der Waals surface area (Å²) in [4.78, 5) is 12.7. The molecule has 1 saturated carbocycles. The summed E-state index contributed by atoms with van der Waals surface area (Å²) in [6, 6.07) is 7.22. The molecule has 1 aromatic carbocycles. The molecule has 0 radical (unpaired) electrons. The maximum absolute atomic E-state index is 12.7. The molecule has 2 aliphatic rings. The Kier molecular flexibility index (Phi) is 3.90. The van der Waals surface area contributed by atoms with Crippen molar-refractivity contribution >= 4 is 11.6 Å². The molecular formula is C21H23N5O3. The van der Waals surface area contributed by atoms with Crippen LogP contribution in [0.1, 0.15) is 47.6 Å². The molecule has 1 fully saturated rings. The van der Waals surface area contributed by atoms with E-state index in [9.17, 15) is 4.79 Å². The fourth-order valence-electron chi connectivity index (χ4n) is 4.20. The van der Waals surface area contributed by atoms with Crippen molar-refractivity contribution in [2.75, 3.05) is 5.32 Å². The van der Waals surface area contributed by atoms with Gasteiger partial charge in [-0.3, -0.25) is 14.6 Å². The molecule has 150 valence electrons. The quantitative estimate of drug-likeness (QED) is 0.707. The van der Waals surface area contributed by atoms with Gasteiger partial charge in [0, 0.05) is 42.9 Å². The average molecular weight is 393 g/mol. The van der Waals surface area contributed by atoms with Crippen molar-refractivity contribution in [3.63, 3.8) is 0 Å². The lowest BCUT2D eigenvalue weighted by Crippen LogP contribution is -2.34. The van der Waals surface area contributed by atoms with E-state index in [4.69, 9.17) is 9.47 Å². The van der Waals surface area contributed by atoms with E-state index in [-0.39, 0.29) is 5.91 Å². The number of rotatable bonds is 3. The van der Waals surface area contributed by atoms with Gasteiger partial charge in [0.1, 0.15) is 5.69 Å². The summed E-state index contributed by atoms with van der Waals surface area (Å²) in [6.07, 6.45) is 4.01. The molecule has 29 heavy (non-hydrogen) atoms. The van der Waals surface area contributed by atoms with E-state index in [1.165, 1.54) is 0 Å². The molecule has 1 spiro atoms. The lowest BCUT2D eigenvalue weighted by atomic mass is 10.1. The smallest absolute Gasteiger partial charge is 0.273 e. The van der Waals surface area contributed by atoms with Crippen molar-refractivity contribution in [3.8, 4) is 22.8 Å². The number of amides is 1. The predicted molar refractivity (Wildman–Crippen MR) is 107 cm³/mol. The van der Waals surface area contributed by atoms with Gasteiger partial charge in [-0.2, -0.15) is 10.2 Å². The second kappa shape index (κ2) is 6.37. The second-order valence-corrected chi connectivity index (χ2v) is 7.77. The van der Waals surface area contributed by atoms with Crippen LogP contribution in [0.15, 0.2) is 24.3 Å². The molecule has 1 aliphatic carbocycles. The van der Waals surface area contributed by atoms with Gasteiger partial charge in [0.05, 0.1) is 11.4 Å². The monoisotopic (exact) mass is 393 g/mol. The first-order valence-electron chi connectivity index (χ1n) is 9.83. The number of anilines is 1. The van der Waals surface area contributed by atoms with E-state index in [0.29, 0.717) is 22.8 Å². The first-order valence-corrected chi connectivity index (χ1v) is 9.83. The summed E-state index contributed by atoms with van der Waals surface area (Å²) in [5.74, 6) is 0.633. The number of hydrogen-bond donors (Lipinski definition) is 2. The van der Waals surface area contributed by atoms with Crippen molar-refractivity contribution in [1.82, 2.24) is 20.0 Å². The minimum Gasteiger partial charge on any atom is -0.448 e. The number of nitrogens with one attached hydrogen (secondary N) is 2. The van der Waals surface area contributed by atoms with Gasteiger partial charge in [-0.25, -0.2) is 0 Å². The first kappa shape index (κ1) is 17.8. The molecule has 2 aromatic heterocycles. The highest BCUT2D eigenvalue weighted by Crippen LogP contribution is 2.47. The van der Waals surface area contributed by atoms with Crippen LogP contribution >= 0.6 is 0 Å². The van der Waals surface area contributed by atoms with E-state index < -0.39 is 5.79 Å². The second-order valence-electron chi connectivity index (χ2n) is 7.77. The SMILES string of the molecule is Cc1nn(C)c(C)c1-c1cc(C(=O)Nc2ccc3c(c2)OC2(CCCC2)O3)[nH]n1. The number of hydrogen-bond acceptors (Lipinski definition) is 5. The third-order valence-electron chi connectivity index (χ3n) is 5.75. The maximum atomic E-state index is 12.7. The maximum Gasteiger partial charge on any atom is 0.273 e. The van der Waals surface area contributed by atoms with E-state index in [0.717, 1.165) is 48.4 Å². The number of aromatic amines is 1. The van der Waals surface area contributed by atoms with Crippen LogP contribution in [-0.2, 0) is 7.05 Å². The van der Waals surface area contributed by atoms with E-state index in [1.54, 1.807) is 6.07 Å². The van der Waals surface area contributed by atoms with Crippen molar-refractivity contribution in [1.29, 1.82) is 0 Å². The molecule has 1 amide bonds. The first-order chi connectivity index (χ1) is 13.9. The minimum atomic E-state index is -0.511. The van der Waals surface area contributed by atoms with Gasteiger partial charge in [-0.05, 0) is 44.9 Å². The zero-order valence-electron chi connectivity index (χ0n) is 16.7. The number of benzene rings is 1. The van der Waals surface area contributed by atoms with Crippen LogP contribution in [0, 0.1) is 13.8 Å². The van der Waals surface area contributed by atoms with Gasteiger partial charge in [0.15, 0.2) is 11.5 Å². The summed E-state index contributed by atoms with van der Waals surface area (Å²) >= 11 is 0. The number of fused-ring (bicyclic) bond motifs is 1. The van der Waals surface area contributed by atoms with Gasteiger partial charge in [0.25, 0.3) is 11.7 Å². The Hall–Kier alpha value is -3.29. The van der Waals surface area contributed by atoms with Crippen molar-refractivity contribution in [3.05, 3.63) is 41.3 Å². The molecule has 3 heterocycles. The lowest BCUT2D eigenvalue weighted by Gasteiger charge is -2.21. The van der Waals surface area contributed by atoms with Crippen LogP contribution in [0.5, 0.6) is 11.5 Å². The third-order valence-corrected chi connectivity index (χ3v) is 5.75. The zero-order chi connectivity index (χ0) is 20.2. The van der Waals surface area contributed by atoms with E-state index >= 15 is 0 Å². The Labute approximate surface area is 168 Å². The van der Waals surface area contributed by atoms with Crippen LogP contribution < -0.4 is 14.8 Å². The number of aryl methyl sites for hydroxylation is 2. The van der Waals surface area contributed by atoms with E-state index in [1.807, 2.05) is 43.8 Å². The number of nitrogens with zero attached hydrogens (tertiary/aromatic N) is 3. The summed E-state index contributed by atoms with van der Waals surface area (Å²) in [5, 5.41) is 14.4. The minimum absolute atomic E-state index is 0.266. The number of H-pyrrole nitrogens is 1. The van der Waals surface area contributed by atoms with Gasteiger partial charge in [-0.15, -0.1) is 0 Å². The largest absolute Gasteiger partial charge is 0.448 e. The molecule has 0 bridgehead atoms. The lowest BCUT2D eigenvalue weighted by molar-refractivity contribution is -0.0716. The van der Waals surface area contributed by atoms with Gasteiger partial charge in [-0.1, -0.05) is 0 Å². The van der Waals surface area contributed by atoms with Crippen molar-refractivity contribution in [2.24, 2.45) is 7.05 Å². The van der Waals surface area contributed by atoms with Crippen molar-refractivity contribution in [2.45, 2.75) is 45.3 Å². The standard InChI is InChI=1S/C21H23N5O3/c1-12-19(13(2)26(3)25-12)15-11-16(24-23-15)20(27)22-14-6-7-17-18(10-14)29-21(28-17)8-4-5-9-21/h6-7,10-11H,4-5,8-9H2,1-3H3,(H,22,27)(H,23,24). The predicted octanol–water partition coefficient (Wildman–Crippen LogP) is 3.72. The Morgan fingerprint density at radius 2 is 1.93 bits per heavy atom. The fraction of sp³-hybridized carbons (Fsp3) is 0.381. The van der Waals surface area contributed by atoms with Crippen LogP contribution in [-0.4, -0.2) is 31.7 Å². The van der Waals surface area contributed by atoms with Gasteiger partial charge >= 0.3 is 0 Å².